The molecule has 1 aliphatic heterocycles. The van der Waals surface area contributed by atoms with E-state index in [0.717, 1.165) is 0 Å². The highest BCUT2D eigenvalue weighted by Crippen LogP contribution is 2.23. The summed E-state index contributed by atoms with van der Waals surface area (Å²) in [7, 11) is 0. The number of fused-ring (bicyclic) bond motifs is 1. The third kappa shape index (κ3) is 4.06. The summed E-state index contributed by atoms with van der Waals surface area (Å²) in [4.78, 5) is 55.7. The molecule has 1 saturated heterocycles. The van der Waals surface area contributed by atoms with Crippen LogP contribution in [-0.2, 0) is 14.3 Å². The number of carbonyl (C=O) groups is 3. The molecule has 1 aliphatic rings. The Morgan fingerprint density at radius 1 is 1.21 bits per heavy atom. The quantitative estimate of drug-likeness (QED) is 0.548. The molecule has 1 atom stereocenters. The smallest absolute Gasteiger partial charge is 0.329 e. The Balaban J connectivity index is 1.33. The van der Waals surface area contributed by atoms with E-state index in [-0.39, 0.29) is 11.6 Å². The van der Waals surface area contributed by atoms with Crippen molar-refractivity contribution in [1.82, 2.24) is 14.9 Å². The highest BCUT2D eigenvalue weighted by molar-refractivity contribution is 7.12. The maximum atomic E-state index is 12.5. The number of amides is 2. The Labute approximate surface area is 168 Å². The van der Waals surface area contributed by atoms with Gasteiger partial charge in [-0.3, -0.25) is 9.59 Å². The first-order valence-corrected chi connectivity index (χ1v) is 9.92. The van der Waals surface area contributed by atoms with Crippen LogP contribution in [0.25, 0.3) is 11.0 Å². The Kier molecular flexibility index (Phi) is 5.17. The number of hydrogen-bond donors (Lipinski definition) is 3. The van der Waals surface area contributed by atoms with Crippen molar-refractivity contribution in [3.05, 3.63) is 51.1 Å². The van der Waals surface area contributed by atoms with Gasteiger partial charge in [0.2, 0.25) is 0 Å². The molecule has 2 aromatic heterocycles. The van der Waals surface area contributed by atoms with Crippen molar-refractivity contribution in [3.8, 4) is 0 Å². The monoisotopic (exact) mass is 414 g/mol. The van der Waals surface area contributed by atoms with Crippen LogP contribution in [0.3, 0.4) is 0 Å². The molecule has 1 unspecified atom stereocenters. The van der Waals surface area contributed by atoms with E-state index in [4.69, 9.17) is 4.74 Å². The molecule has 0 spiro atoms. The number of benzene rings is 1. The molecule has 0 bridgehead atoms. The topological polar surface area (TPSA) is 124 Å². The fraction of sp³-hybridized carbons (Fsp3) is 0.263. The van der Waals surface area contributed by atoms with Crippen LogP contribution in [0.2, 0.25) is 0 Å². The summed E-state index contributed by atoms with van der Waals surface area (Å²) in [6.07, 6.45) is 1.22. The number of rotatable bonds is 5. The number of nitrogens with zero attached hydrogens (tertiary/aromatic N) is 1. The van der Waals surface area contributed by atoms with Crippen LogP contribution < -0.4 is 11.0 Å². The molecule has 2 amide bonds. The van der Waals surface area contributed by atoms with Crippen LogP contribution in [0.5, 0.6) is 0 Å². The molecule has 0 saturated carbocycles. The van der Waals surface area contributed by atoms with Gasteiger partial charge in [0.15, 0.2) is 6.61 Å². The molecule has 3 aromatic rings. The number of nitrogens with one attached hydrogen (secondary N) is 3. The van der Waals surface area contributed by atoms with Crippen molar-refractivity contribution in [1.29, 1.82) is 0 Å². The number of anilines is 1. The Bertz CT molecular complexity index is 1120. The van der Waals surface area contributed by atoms with Crippen molar-refractivity contribution in [2.45, 2.75) is 18.9 Å². The van der Waals surface area contributed by atoms with E-state index in [1.807, 2.05) is 0 Å². The van der Waals surface area contributed by atoms with Gasteiger partial charge in [0.1, 0.15) is 6.04 Å². The van der Waals surface area contributed by atoms with Crippen molar-refractivity contribution in [2.75, 3.05) is 18.5 Å². The van der Waals surface area contributed by atoms with Crippen molar-refractivity contribution >= 4 is 45.8 Å². The van der Waals surface area contributed by atoms with Crippen LogP contribution >= 0.6 is 11.3 Å². The lowest BCUT2D eigenvalue weighted by atomic mass is 10.2. The number of esters is 1. The van der Waals surface area contributed by atoms with Gasteiger partial charge >= 0.3 is 11.7 Å². The van der Waals surface area contributed by atoms with Crippen LogP contribution in [0.4, 0.5) is 5.69 Å². The van der Waals surface area contributed by atoms with Gasteiger partial charge in [0.25, 0.3) is 11.8 Å². The number of likely N-dealkylation sites (tertiary alicyclic amines) is 1. The molecule has 29 heavy (non-hydrogen) atoms. The fourth-order valence-corrected chi connectivity index (χ4v) is 4.02. The highest BCUT2D eigenvalue weighted by atomic mass is 32.1. The zero-order valence-electron chi connectivity index (χ0n) is 15.3. The van der Waals surface area contributed by atoms with Crippen LogP contribution in [0, 0.1) is 0 Å². The van der Waals surface area contributed by atoms with Crippen molar-refractivity contribution in [3.63, 3.8) is 0 Å². The van der Waals surface area contributed by atoms with E-state index in [9.17, 15) is 19.2 Å². The molecule has 1 fully saturated rings. The van der Waals surface area contributed by atoms with Gasteiger partial charge in [-0.15, -0.1) is 11.3 Å². The molecule has 150 valence electrons. The summed E-state index contributed by atoms with van der Waals surface area (Å²) in [5, 5.41) is 4.42. The molecule has 1 aromatic carbocycles. The van der Waals surface area contributed by atoms with E-state index >= 15 is 0 Å². The van der Waals surface area contributed by atoms with Gasteiger partial charge in [-0.1, -0.05) is 6.07 Å². The molecule has 4 rings (SSSR count). The van der Waals surface area contributed by atoms with E-state index < -0.39 is 24.5 Å². The molecular formula is C19H18N4O5S. The van der Waals surface area contributed by atoms with Crippen LogP contribution in [-0.4, -0.2) is 51.8 Å². The average molecular weight is 414 g/mol. The first-order chi connectivity index (χ1) is 14.0. The summed E-state index contributed by atoms with van der Waals surface area (Å²) >= 11 is 1.32. The Morgan fingerprint density at radius 3 is 2.83 bits per heavy atom. The zero-order chi connectivity index (χ0) is 20.4. The summed E-state index contributed by atoms with van der Waals surface area (Å²) in [6, 6.07) is 7.71. The summed E-state index contributed by atoms with van der Waals surface area (Å²) in [6.45, 7) is 0.0234. The molecule has 0 aliphatic carbocycles. The van der Waals surface area contributed by atoms with E-state index in [2.05, 4.69) is 15.3 Å². The first kappa shape index (κ1) is 18.9. The summed E-state index contributed by atoms with van der Waals surface area (Å²) < 4.78 is 5.14. The lowest BCUT2D eigenvalue weighted by Crippen LogP contribution is -2.41. The number of aromatic amines is 2. The molecule has 3 N–H and O–H groups in total. The predicted molar refractivity (Wildman–Crippen MR) is 107 cm³/mol. The minimum absolute atomic E-state index is 0.197. The normalized spacial score (nSPS) is 16.1. The minimum Gasteiger partial charge on any atom is -0.454 e. The maximum Gasteiger partial charge on any atom is 0.329 e. The highest BCUT2D eigenvalue weighted by Gasteiger charge is 2.36. The van der Waals surface area contributed by atoms with Gasteiger partial charge in [-0.05, 0) is 42.5 Å². The molecule has 9 nitrogen and oxygen atoms in total. The second kappa shape index (κ2) is 7.92. The lowest BCUT2D eigenvalue weighted by Gasteiger charge is -2.22. The number of hydrogen-bond acceptors (Lipinski definition) is 6. The van der Waals surface area contributed by atoms with E-state index in [1.165, 1.54) is 16.2 Å². The number of thiophene rings is 1. The van der Waals surface area contributed by atoms with Gasteiger partial charge in [0, 0.05) is 12.2 Å². The number of carbonyl (C=O) groups excluding carboxylic acids is 3. The fourth-order valence-electron chi connectivity index (χ4n) is 3.34. The number of aromatic nitrogens is 2. The second-order valence-electron chi connectivity index (χ2n) is 6.63. The Morgan fingerprint density at radius 2 is 2.03 bits per heavy atom. The van der Waals surface area contributed by atoms with E-state index in [1.54, 1.807) is 35.7 Å². The molecule has 10 heteroatoms. The third-order valence-corrected chi connectivity index (χ3v) is 5.52. The predicted octanol–water partition coefficient (Wildman–Crippen LogP) is 1.70. The average Bonchev–Trinajstić information content (AvgIpc) is 3.44. The largest absolute Gasteiger partial charge is 0.454 e. The van der Waals surface area contributed by atoms with Crippen molar-refractivity contribution in [2.24, 2.45) is 0 Å². The summed E-state index contributed by atoms with van der Waals surface area (Å²) in [5.74, 6) is -1.30. The van der Waals surface area contributed by atoms with Gasteiger partial charge in [-0.2, -0.15) is 0 Å². The number of imidazole rings is 1. The second-order valence-corrected chi connectivity index (χ2v) is 7.58. The van der Waals surface area contributed by atoms with Gasteiger partial charge < -0.3 is 24.9 Å². The van der Waals surface area contributed by atoms with Crippen molar-refractivity contribution < 1.29 is 19.1 Å². The van der Waals surface area contributed by atoms with Crippen LogP contribution in [0.1, 0.15) is 22.5 Å². The number of ether oxygens (including phenoxy) is 1. The maximum absolute atomic E-state index is 12.5. The minimum atomic E-state index is -0.682. The van der Waals surface area contributed by atoms with Crippen LogP contribution in [0.15, 0.2) is 40.5 Å². The molecule has 3 heterocycles. The van der Waals surface area contributed by atoms with Gasteiger partial charge in [-0.25, -0.2) is 9.59 Å². The molecule has 0 radical (unpaired) electrons. The first-order valence-electron chi connectivity index (χ1n) is 9.04. The van der Waals surface area contributed by atoms with E-state index in [0.29, 0.717) is 41.0 Å². The summed E-state index contributed by atoms with van der Waals surface area (Å²) in [5.41, 5.74) is 1.30. The van der Waals surface area contributed by atoms with Gasteiger partial charge in [0.05, 0.1) is 15.9 Å². The number of H-pyrrole nitrogens is 2. The Hall–Kier alpha value is -3.40. The molecular weight excluding hydrogens is 396 g/mol. The SMILES string of the molecule is O=C(COC(=O)C1CCCN1C(=O)c1cccs1)Nc1ccc2[nH]c(=O)[nH]c2c1. The standard InChI is InChI=1S/C19H18N4O5S/c24-16(20-11-5-6-12-13(9-11)22-19(27)21-12)10-28-18(26)14-3-1-7-23(14)17(25)15-4-2-8-29-15/h2,4-6,8-9,14H,1,3,7,10H2,(H,20,24)(H2,21,22,27). The third-order valence-electron chi connectivity index (χ3n) is 4.66. The zero-order valence-corrected chi connectivity index (χ0v) is 16.1. The lowest BCUT2D eigenvalue weighted by molar-refractivity contribution is -0.151.